The maximum atomic E-state index is 5.78. The highest BCUT2D eigenvalue weighted by Gasteiger charge is 2.22. The van der Waals surface area contributed by atoms with Crippen LogP contribution in [0.2, 0.25) is 0 Å². The number of pyridine rings is 1. The smallest absolute Gasteiger partial charge is 0.136 e. The molecule has 0 atom stereocenters. The van der Waals surface area contributed by atoms with Gasteiger partial charge >= 0.3 is 0 Å². The van der Waals surface area contributed by atoms with Gasteiger partial charge in [-0.25, -0.2) is 4.98 Å². The van der Waals surface area contributed by atoms with E-state index in [1.807, 2.05) is 6.07 Å². The summed E-state index contributed by atoms with van der Waals surface area (Å²) in [7, 11) is 2.12. The quantitative estimate of drug-likeness (QED) is 0.849. The van der Waals surface area contributed by atoms with E-state index in [2.05, 4.69) is 53.0 Å². The Labute approximate surface area is 113 Å². The van der Waals surface area contributed by atoms with Crippen molar-refractivity contribution in [3.05, 3.63) is 42.1 Å². The summed E-state index contributed by atoms with van der Waals surface area (Å²) in [6.07, 6.45) is 1.73. The molecule has 0 spiro atoms. The second-order valence-electron chi connectivity index (χ2n) is 4.97. The molecule has 0 aliphatic carbocycles. The van der Waals surface area contributed by atoms with Crippen molar-refractivity contribution in [3.63, 3.8) is 0 Å². The SMILES string of the molecule is Cc1cc(N)cnc1N1CCN(C)c2ccccc21. The maximum Gasteiger partial charge on any atom is 0.136 e. The third-order valence-electron chi connectivity index (χ3n) is 3.57. The third kappa shape index (κ3) is 1.99. The van der Waals surface area contributed by atoms with Crippen molar-refractivity contribution < 1.29 is 0 Å². The molecule has 0 saturated carbocycles. The molecule has 1 aromatic heterocycles. The summed E-state index contributed by atoms with van der Waals surface area (Å²) in [6.45, 7) is 3.98. The minimum absolute atomic E-state index is 0.712. The van der Waals surface area contributed by atoms with Crippen LogP contribution >= 0.6 is 0 Å². The third-order valence-corrected chi connectivity index (χ3v) is 3.57. The molecule has 4 heteroatoms. The number of rotatable bonds is 1. The largest absolute Gasteiger partial charge is 0.397 e. The molecular formula is C15H18N4. The number of anilines is 4. The van der Waals surface area contributed by atoms with Gasteiger partial charge in [-0.15, -0.1) is 0 Å². The second kappa shape index (κ2) is 4.46. The van der Waals surface area contributed by atoms with Crippen LogP contribution in [0.5, 0.6) is 0 Å². The molecule has 1 aromatic carbocycles. The number of hydrogen-bond donors (Lipinski definition) is 1. The van der Waals surface area contributed by atoms with Crippen LogP contribution in [0.1, 0.15) is 5.56 Å². The summed E-state index contributed by atoms with van der Waals surface area (Å²) in [6, 6.07) is 10.4. The summed E-state index contributed by atoms with van der Waals surface area (Å²) in [5.74, 6) is 0.995. The molecular weight excluding hydrogens is 236 g/mol. The Hall–Kier alpha value is -2.23. The number of hydrogen-bond acceptors (Lipinski definition) is 4. The highest BCUT2D eigenvalue weighted by Crippen LogP contribution is 2.37. The first kappa shape index (κ1) is 11.8. The van der Waals surface area contributed by atoms with Gasteiger partial charge in [-0.1, -0.05) is 12.1 Å². The lowest BCUT2D eigenvalue weighted by Gasteiger charge is -2.36. The number of likely N-dealkylation sites (N-methyl/N-ethyl adjacent to an activating group) is 1. The number of nitrogens with two attached hydrogens (primary N) is 1. The number of aryl methyl sites for hydroxylation is 1. The first-order valence-corrected chi connectivity index (χ1v) is 6.46. The fourth-order valence-electron chi connectivity index (χ4n) is 2.60. The van der Waals surface area contributed by atoms with E-state index in [1.165, 1.54) is 11.4 Å². The minimum Gasteiger partial charge on any atom is -0.397 e. The predicted octanol–water partition coefficient (Wildman–Crippen LogP) is 2.56. The summed E-state index contributed by atoms with van der Waals surface area (Å²) in [5.41, 5.74) is 10.1. The highest BCUT2D eigenvalue weighted by atomic mass is 15.3. The molecule has 1 aliphatic rings. The van der Waals surface area contributed by atoms with Crippen LogP contribution in [0.3, 0.4) is 0 Å². The van der Waals surface area contributed by atoms with Gasteiger partial charge in [0, 0.05) is 20.1 Å². The van der Waals surface area contributed by atoms with Crippen molar-refractivity contribution in [2.45, 2.75) is 6.92 Å². The fraction of sp³-hybridized carbons (Fsp3) is 0.267. The van der Waals surface area contributed by atoms with Crippen molar-refractivity contribution in [2.24, 2.45) is 0 Å². The van der Waals surface area contributed by atoms with Gasteiger partial charge in [-0.3, -0.25) is 0 Å². The van der Waals surface area contributed by atoms with Gasteiger partial charge in [0.15, 0.2) is 0 Å². The molecule has 0 amide bonds. The van der Waals surface area contributed by atoms with Gasteiger partial charge in [0.25, 0.3) is 0 Å². The van der Waals surface area contributed by atoms with Crippen molar-refractivity contribution in [2.75, 3.05) is 35.7 Å². The number of para-hydroxylation sites is 2. The number of benzene rings is 1. The number of nitrogens with zero attached hydrogens (tertiary/aromatic N) is 3. The molecule has 4 nitrogen and oxygen atoms in total. The van der Waals surface area contributed by atoms with Gasteiger partial charge in [-0.2, -0.15) is 0 Å². The van der Waals surface area contributed by atoms with Crippen LogP contribution < -0.4 is 15.5 Å². The first-order chi connectivity index (χ1) is 9.16. The molecule has 0 fully saturated rings. The first-order valence-electron chi connectivity index (χ1n) is 6.46. The Kier molecular flexibility index (Phi) is 2.78. The monoisotopic (exact) mass is 254 g/mol. The summed E-state index contributed by atoms with van der Waals surface area (Å²) in [4.78, 5) is 9.05. The van der Waals surface area contributed by atoms with Crippen molar-refractivity contribution >= 4 is 22.9 Å². The van der Waals surface area contributed by atoms with E-state index < -0.39 is 0 Å². The van der Waals surface area contributed by atoms with Crippen molar-refractivity contribution in [1.29, 1.82) is 0 Å². The van der Waals surface area contributed by atoms with E-state index in [0.717, 1.165) is 24.5 Å². The Morgan fingerprint density at radius 3 is 2.63 bits per heavy atom. The second-order valence-corrected chi connectivity index (χ2v) is 4.97. The Morgan fingerprint density at radius 2 is 1.89 bits per heavy atom. The summed E-state index contributed by atoms with van der Waals surface area (Å²) in [5, 5.41) is 0. The van der Waals surface area contributed by atoms with E-state index in [9.17, 15) is 0 Å². The predicted molar refractivity (Wildman–Crippen MR) is 80.1 cm³/mol. The molecule has 98 valence electrons. The molecule has 2 aromatic rings. The number of aromatic nitrogens is 1. The van der Waals surface area contributed by atoms with Crippen LogP contribution in [0.25, 0.3) is 0 Å². The van der Waals surface area contributed by atoms with E-state index in [1.54, 1.807) is 6.20 Å². The lowest BCUT2D eigenvalue weighted by Crippen LogP contribution is -2.37. The van der Waals surface area contributed by atoms with Crippen LogP contribution in [-0.2, 0) is 0 Å². The van der Waals surface area contributed by atoms with Crippen LogP contribution in [-0.4, -0.2) is 25.1 Å². The van der Waals surface area contributed by atoms with E-state index >= 15 is 0 Å². The molecule has 0 radical (unpaired) electrons. The van der Waals surface area contributed by atoms with Crippen molar-refractivity contribution in [3.8, 4) is 0 Å². The van der Waals surface area contributed by atoms with Gasteiger partial charge in [0.1, 0.15) is 5.82 Å². The molecule has 2 N–H and O–H groups in total. The Bertz CT molecular complexity index is 609. The van der Waals surface area contributed by atoms with Crippen LogP contribution in [0, 0.1) is 6.92 Å². The van der Waals surface area contributed by atoms with Crippen molar-refractivity contribution in [1.82, 2.24) is 4.98 Å². The topological polar surface area (TPSA) is 45.4 Å². The molecule has 2 heterocycles. The summed E-state index contributed by atoms with van der Waals surface area (Å²) < 4.78 is 0. The molecule has 1 aliphatic heterocycles. The zero-order chi connectivity index (χ0) is 13.4. The molecule has 0 unspecified atom stereocenters. The molecule has 0 bridgehead atoms. The molecule has 3 rings (SSSR count). The lowest BCUT2D eigenvalue weighted by molar-refractivity contribution is 0.811. The lowest BCUT2D eigenvalue weighted by atomic mass is 10.1. The average molecular weight is 254 g/mol. The van der Waals surface area contributed by atoms with E-state index in [0.29, 0.717) is 5.69 Å². The van der Waals surface area contributed by atoms with Gasteiger partial charge in [0.2, 0.25) is 0 Å². The van der Waals surface area contributed by atoms with E-state index in [4.69, 9.17) is 5.73 Å². The minimum atomic E-state index is 0.712. The highest BCUT2D eigenvalue weighted by molar-refractivity contribution is 5.79. The maximum absolute atomic E-state index is 5.78. The Balaban J connectivity index is 2.09. The zero-order valence-corrected chi connectivity index (χ0v) is 11.3. The Morgan fingerprint density at radius 1 is 1.16 bits per heavy atom. The van der Waals surface area contributed by atoms with Crippen LogP contribution in [0.15, 0.2) is 36.5 Å². The van der Waals surface area contributed by atoms with Gasteiger partial charge < -0.3 is 15.5 Å². The van der Waals surface area contributed by atoms with Gasteiger partial charge in [-0.05, 0) is 30.7 Å². The van der Waals surface area contributed by atoms with Gasteiger partial charge in [0.05, 0.1) is 23.3 Å². The van der Waals surface area contributed by atoms with Crippen LogP contribution in [0.4, 0.5) is 22.9 Å². The normalized spacial score (nSPS) is 14.4. The van der Waals surface area contributed by atoms with E-state index in [-0.39, 0.29) is 0 Å². The summed E-state index contributed by atoms with van der Waals surface area (Å²) >= 11 is 0. The standard InChI is InChI=1S/C15H18N4/c1-11-9-12(16)10-17-15(11)19-8-7-18(2)13-5-3-4-6-14(13)19/h3-6,9-10H,7-8,16H2,1-2H3. The molecule has 19 heavy (non-hydrogen) atoms. The number of fused-ring (bicyclic) bond motifs is 1. The average Bonchev–Trinajstić information content (AvgIpc) is 2.41. The number of nitrogen functional groups attached to an aromatic ring is 1. The fourth-order valence-corrected chi connectivity index (χ4v) is 2.60. The zero-order valence-electron chi connectivity index (χ0n) is 11.3. The molecule has 0 saturated heterocycles.